The molecule has 7 nitrogen and oxygen atoms in total. The number of aromatic nitrogens is 1. The third kappa shape index (κ3) is 6.46. The number of benzene rings is 1. The Hall–Kier alpha value is -2.07. The fraction of sp³-hybridized carbons (Fsp3) is 0.381. The van der Waals surface area contributed by atoms with Crippen LogP contribution in [0.1, 0.15) is 29.3 Å². The maximum Gasteiger partial charge on any atom is 0.337 e. The molecule has 162 valence electrons. The van der Waals surface area contributed by atoms with Gasteiger partial charge in [-0.25, -0.2) is 14.8 Å². The molecule has 1 aromatic carbocycles. The summed E-state index contributed by atoms with van der Waals surface area (Å²) in [5.41, 5.74) is 1.55. The average Bonchev–Trinajstić information content (AvgIpc) is 3.20. The normalized spacial score (nSPS) is 16.0. The summed E-state index contributed by atoms with van der Waals surface area (Å²) in [5, 5.41) is 7.46. The predicted octanol–water partition coefficient (Wildman–Crippen LogP) is 3.47. The number of rotatable bonds is 6. The summed E-state index contributed by atoms with van der Waals surface area (Å²) >= 11 is 6.28. The van der Waals surface area contributed by atoms with Crippen molar-refractivity contribution in [1.29, 1.82) is 0 Å². The van der Waals surface area contributed by atoms with E-state index in [0.29, 0.717) is 17.1 Å². The first-order valence-electron chi connectivity index (χ1n) is 9.68. The number of guanidine groups is 1. The number of carbonyl (C=O) groups is 1. The van der Waals surface area contributed by atoms with Gasteiger partial charge in [0.1, 0.15) is 5.82 Å². The van der Waals surface area contributed by atoms with Crippen molar-refractivity contribution in [2.45, 2.75) is 25.9 Å². The van der Waals surface area contributed by atoms with Crippen LogP contribution in [0.3, 0.4) is 0 Å². The smallest absolute Gasteiger partial charge is 0.337 e. The zero-order valence-corrected chi connectivity index (χ0v) is 20.2. The summed E-state index contributed by atoms with van der Waals surface area (Å²) < 4.78 is 4.73. The highest BCUT2D eigenvalue weighted by Gasteiger charge is 2.25. The van der Waals surface area contributed by atoms with E-state index in [9.17, 15) is 4.79 Å². The second-order valence-corrected chi connectivity index (χ2v) is 7.18. The Morgan fingerprint density at radius 1 is 1.33 bits per heavy atom. The first kappa shape index (κ1) is 24.2. The Balaban J connectivity index is 0.00000320. The van der Waals surface area contributed by atoms with Gasteiger partial charge in [-0.15, -0.1) is 24.0 Å². The largest absolute Gasteiger partial charge is 0.465 e. The fourth-order valence-electron chi connectivity index (χ4n) is 3.23. The minimum Gasteiger partial charge on any atom is -0.465 e. The highest BCUT2D eigenvalue weighted by Crippen LogP contribution is 2.25. The van der Waals surface area contributed by atoms with Gasteiger partial charge >= 0.3 is 5.97 Å². The molecular formula is C21H27ClIN5O2. The molecular weight excluding hydrogens is 517 g/mol. The molecule has 1 unspecified atom stereocenters. The number of pyridine rings is 1. The molecule has 0 aliphatic carbocycles. The number of esters is 1. The highest BCUT2D eigenvalue weighted by molar-refractivity contribution is 14.0. The molecule has 9 heteroatoms. The van der Waals surface area contributed by atoms with E-state index < -0.39 is 0 Å². The first-order valence-corrected chi connectivity index (χ1v) is 10.1. The summed E-state index contributed by atoms with van der Waals surface area (Å²) in [4.78, 5) is 22.8. The molecule has 0 spiro atoms. The lowest BCUT2D eigenvalue weighted by molar-refractivity contribution is 0.0600. The average molecular weight is 544 g/mol. The third-order valence-electron chi connectivity index (χ3n) is 4.71. The second kappa shape index (κ2) is 11.9. The van der Waals surface area contributed by atoms with E-state index in [1.165, 1.54) is 7.11 Å². The van der Waals surface area contributed by atoms with E-state index in [2.05, 4.69) is 25.5 Å². The Morgan fingerprint density at radius 2 is 2.10 bits per heavy atom. The monoisotopic (exact) mass is 543 g/mol. The van der Waals surface area contributed by atoms with Crippen LogP contribution in [0.15, 0.2) is 47.6 Å². The summed E-state index contributed by atoms with van der Waals surface area (Å²) in [7, 11) is 1.38. The third-order valence-corrected chi connectivity index (χ3v) is 5.00. The number of hydrogen-bond acceptors (Lipinski definition) is 5. The zero-order chi connectivity index (χ0) is 20.6. The van der Waals surface area contributed by atoms with Crippen LogP contribution in [0.25, 0.3) is 0 Å². The van der Waals surface area contributed by atoms with Gasteiger partial charge in [0.15, 0.2) is 5.96 Å². The van der Waals surface area contributed by atoms with E-state index in [-0.39, 0.29) is 36.0 Å². The lowest BCUT2D eigenvalue weighted by Crippen LogP contribution is -2.44. The Bertz CT molecular complexity index is 863. The van der Waals surface area contributed by atoms with Crippen molar-refractivity contribution in [2.75, 3.05) is 31.6 Å². The quantitative estimate of drug-likeness (QED) is 0.251. The first-order chi connectivity index (χ1) is 14.1. The van der Waals surface area contributed by atoms with Crippen LogP contribution in [0.4, 0.5) is 5.82 Å². The molecule has 1 aromatic heterocycles. The van der Waals surface area contributed by atoms with E-state index >= 15 is 0 Å². The number of aliphatic imine (C=N–C) groups is 1. The summed E-state index contributed by atoms with van der Waals surface area (Å²) in [6, 6.07) is 11.2. The van der Waals surface area contributed by atoms with Gasteiger partial charge in [-0.1, -0.05) is 23.7 Å². The Morgan fingerprint density at radius 3 is 2.77 bits per heavy atom. The lowest BCUT2D eigenvalue weighted by atomic mass is 10.1. The van der Waals surface area contributed by atoms with Crippen LogP contribution in [0.2, 0.25) is 5.02 Å². The molecule has 1 aliphatic heterocycles. The molecule has 30 heavy (non-hydrogen) atoms. The number of carbonyl (C=O) groups excluding carboxylic acids is 1. The molecule has 2 N–H and O–H groups in total. The molecule has 1 saturated heterocycles. The molecule has 0 bridgehead atoms. The van der Waals surface area contributed by atoms with Crippen LogP contribution >= 0.6 is 35.6 Å². The van der Waals surface area contributed by atoms with Gasteiger partial charge in [-0.05, 0) is 43.2 Å². The van der Waals surface area contributed by atoms with Crippen molar-refractivity contribution >= 4 is 53.3 Å². The van der Waals surface area contributed by atoms with Crippen molar-refractivity contribution in [3.05, 3.63) is 58.7 Å². The number of hydrogen-bond donors (Lipinski definition) is 2. The van der Waals surface area contributed by atoms with Crippen LogP contribution in [-0.4, -0.2) is 49.7 Å². The number of methoxy groups -OCH3 is 1. The number of nitrogens with zero attached hydrogens (tertiary/aromatic N) is 3. The van der Waals surface area contributed by atoms with E-state index in [1.807, 2.05) is 31.2 Å². The highest BCUT2D eigenvalue weighted by atomic mass is 127. The van der Waals surface area contributed by atoms with E-state index in [1.54, 1.807) is 18.3 Å². The topological polar surface area (TPSA) is 78.8 Å². The van der Waals surface area contributed by atoms with E-state index in [0.717, 1.165) is 43.4 Å². The van der Waals surface area contributed by atoms with Gasteiger partial charge in [0.05, 0.1) is 24.2 Å². The summed E-state index contributed by atoms with van der Waals surface area (Å²) in [6.07, 6.45) is 2.74. The standard InChI is InChI=1S/C21H26ClN5O2.HI/c1-3-23-21(25-13-15-6-8-16(9-7-15)20(28)29-2)26-17-10-12-27(14-17)19-18(22)5-4-11-24-19;/h4-9,11,17H,3,10,12-14H2,1-2H3,(H2,23,25,26);1H. The van der Waals surface area contributed by atoms with Crippen LogP contribution in [0, 0.1) is 0 Å². The number of halogens is 2. The maximum atomic E-state index is 11.5. The van der Waals surface area contributed by atoms with Crippen molar-refractivity contribution in [1.82, 2.24) is 15.6 Å². The minimum atomic E-state index is -0.339. The van der Waals surface area contributed by atoms with Gasteiger partial charge in [-0.2, -0.15) is 0 Å². The second-order valence-electron chi connectivity index (χ2n) is 6.77. The number of nitrogens with one attached hydrogen (secondary N) is 2. The Labute approximate surface area is 199 Å². The van der Waals surface area contributed by atoms with Crippen molar-refractivity contribution in [2.24, 2.45) is 4.99 Å². The maximum absolute atomic E-state index is 11.5. The van der Waals surface area contributed by atoms with Crippen molar-refractivity contribution in [3.63, 3.8) is 0 Å². The lowest BCUT2D eigenvalue weighted by Gasteiger charge is -2.20. The van der Waals surface area contributed by atoms with Gasteiger partial charge in [0, 0.05) is 31.9 Å². The molecule has 3 rings (SSSR count). The van der Waals surface area contributed by atoms with Gasteiger partial charge in [0.25, 0.3) is 0 Å². The minimum absolute atomic E-state index is 0. The fourth-order valence-corrected chi connectivity index (χ4v) is 3.47. The predicted molar refractivity (Wildman–Crippen MR) is 131 cm³/mol. The van der Waals surface area contributed by atoms with Crippen molar-refractivity contribution in [3.8, 4) is 0 Å². The molecule has 0 saturated carbocycles. The zero-order valence-electron chi connectivity index (χ0n) is 17.1. The Kier molecular flexibility index (Phi) is 9.64. The van der Waals surface area contributed by atoms with Gasteiger partial charge in [0.2, 0.25) is 0 Å². The SMILES string of the molecule is CCNC(=NCc1ccc(C(=O)OC)cc1)NC1CCN(c2ncccc2Cl)C1.I. The van der Waals surface area contributed by atoms with Gasteiger partial charge in [-0.3, -0.25) is 0 Å². The molecule has 0 amide bonds. The molecule has 0 radical (unpaired) electrons. The van der Waals surface area contributed by atoms with Crippen molar-refractivity contribution < 1.29 is 9.53 Å². The van der Waals surface area contributed by atoms with Crippen LogP contribution in [0.5, 0.6) is 0 Å². The molecule has 2 heterocycles. The molecule has 1 aliphatic rings. The molecule has 1 fully saturated rings. The van der Waals surface area contributed by atoms with Gasteiger partial charge < -0.3 is 20.3 Å². The van der Waals surface area contributed by atoms with Crippen LogP contribution in [-0.2, 0) is 11.3 Å². The number of ether oxygens (including phenoxy) is 1. The summed E-state index contributed by atoms with van der Waals surface area (Å²) in [5.74, 6) is 1.25. The molecule has 1 atom stereocenters. The van der Waals surface area contributed by atoms with Crippen LogP contribution < -0.4 is 15.5 Å². The van der Waals surface area contributed by atoms with E-state index in [4.69, 9.17) is 16.3 Å². The molecule has 2 aromatic rings. The number of anilines is 1. The summed E-state index contributed by atoms with van der Waals surface area (Å²) in [6.45, 7) is 5.03.